The van der Waals surface area contributed by atoms with E-state index in [1.165, 1.54) is 12.8 Å². The molecule has 1 aromatic heterocycles. The highest BCUT2D eigenvalue weighted by Crippen LogP contribution is 2.33. The van der Waals surface area contributed by atoms with Gasteiger partial charge < -0.3 is 5.32 Å². The summed E-state index contributed by atoms with van der Waals surface area (Å²) in [6, 6.07) is 6.33. The highest BCUT2D eigenvalue weighted by Gasteiger charge is 2.42. The van der Waals surface area contributed by atoms with Gasteiger partial charge in [-0.1, -0.05) is 13.0 Å². The molecule has 3 N–H and O–H groups in total. The average molecular weight is 302 g/mol. The molecule has 0 spiro atoms. The number of carbonyl (C=O) groups is 1. The number of carbonyl (C=O) groups excluding carboxylic acids is 1. The molecule has 5 nitrogen and oxygen atoms in total. The van der Waals surface area contributed by atoms with Crippen LogP contribution in [0.5, 0.6) is 0 Å². The van der Waals surface area contributed by atoms with E-state index in [-0.39, 0.29) is 11.9 Å². The summed E-state index contributed by atoms with van der Waals surface area (Å²) in [7, 11) is 0. The molecule has 0 radical (unpaired) electrons. The minimum Gasteiger partial charge on any atom is -0.355 e. The van der Waals surface area contributed by atoms with Crippen molar-refractivity contribution in [1.82, 2.24) is 21.2 Å². The third kappa shape index (κ3) is 3.65. The van der Waals surface area contributed by atoms with Crippen LogP contribution < -0.4 is 16.2 Å². The zero-order valence-electron chi connectivity index (χ0n) is 13.2. The Balaban J connectivity index is 1.42. The summed E-state index contributed by atoms with van der Waals surface area (Å²) in [5.41, 5.74) is 7.59. The summed E-state index contributed by atoms with van der Waals surface area (Å²) in [5.74, 6) is 1.29. The van der Waals surface area contributed by atoms with Crippen molar-refractivity contribution in [3.8, 4) is 0 Å². The lowest BCUT2D eigenvalue weighted by atomic mass is 9.76. The Morgan fingerprint density at radius 2 is 2.27 bits per heavy atom. The molecule has 0 aromatic carbocycles. The molecular weight excluding hydrogens is 276 g/mol. The largest absolute Gasteiger partial charge is 0.355 e. The second-order valence-corrected chi connectivity index (χ2v) is 6.67. The Bertz CT molecular complexity index is 493. The highest BCUT2D eigenvalue weighted by atomic mass is 16.2. The molecule has 5 heteroatoms. The number of aromatic nitrogens is 1. The van der Waals surface area contributed by atoms with E-state index in [9.17, 15) is 4.79 Å². The molecule has 1 saturated carbocycles. The zero-order valence-corrected chi connectivity index (χ0v) is 13.2. The Morgan fingerprint density at radius 3 is 3.09 bits per heavy atom. The van der Waals surface area contributed by atoms with Gasteiger partial charge in [-0.25, -0.2) is 5.43 Å². The topological polar surface area (TPSA) is 66.0 Å². The van der Waals surface area contributed by atoms with Gasteiger partial charge in [-0.3, -0.25) is 15.2 Å². The molecule has 0 bridgehead atoms. The summed E-state index contributed by atoms with van der Waals surface area (Å²) in [5, 5.41) is 3.07. The first-order valence-electron chi connectivity index (χ1n) is 8.42. The second-order valence-electron chi connectivity index (χ2n) is 6.67. The Labute approximate surface area is 132 Å². The first-order chi connectivity index (χ1) is 10.7. The van der Waals surface area contributed by atoms with Gasteiger partial charge in [0.25, 0.3) is 0 Å². The molecule has 1 amide bonds. The van der Waals surface area contributed by atoms with Crippen molar-refractivity contribution in [2.24, 2.45) is 11.8 Å². The fourth-order valence-corrected chi connectivity index (χ4v) is 3.67. The van der Waals surface area contributed by atoms with Gasteiger partial charge in [0, 0.05) is 30.4 Å². The summed E-state index contributed by atoms with van der Waals surface area (Å²) < 4.78 is 0. The molecule has 2 fully saturated rings. The van der Waals surface area contributed by atoms with Crippen LogP contribution in [0.4, 0.5) is 0 Å². The number of hydrogen-bond donors (Lipinski definition) is 3. The predicted octanol–water partition coefficient (Wildman–Crippen LogP) is 1.41. The molecule has 4 atom stereocenters. The van der Waals surface area contributed by atoms with Crippen LogP contribution in [0.3, 0.4) is 0 Å². The summed E-state index contributed by atoms with van der Waals surface area (Å²) in [6.07, 6.45) is 7.20. The Morgan fingerprint density at radius 1 is 1.36 bits per heavy atom. The molecule has 120 valence electrons. The number of fused-ring (bicyclic) bond motifs is 1. The van der Waals surface area contributed by atoms with Crippen LogP contribution >= 0.6 is 0 Å². The molecule has 1 saturated heterocycles. The van der Waals surface area contributed by atoms with Gasteiger partial charge in [-0.05, 0) is 50.2 Å². The van der Waals surface area contributed by atoms with Crippen molar-refractivity contribution in [2.45, 2.75) is 51.1 Å². The third-order valence-corrected chi connectivity index (χ3v) is 4.93. The first kappa shape index (κ1) is 15.4. The van der Waals surface area contributed by atoms with E-state index in [2.05, 4.69) is 28.1 Å². The van der Waals surface area contributed by atoms with Crippen molar-refractivity contribution in [1.29, 1.82) is 0 Å². The normalized spacial score (nSPS) is 30.8. The van der Waals surface area contributed by atoms with Gasteiger partial charge in [-0.2, -0.15) is 0 Å². The fraction of sp³-hybridized carbons (Fsp3) is 0.647. The maximum Gasteiger partial charge on any atom is 0.238 e. The Hall–Kier alpha value is -1.46. The standard InChI is InChI=1S/C17H26N4O/c1-12-7-8-15-14(11-12)16(21-20-15)17(22)19-10-4-6-13-5-2-3-9-18-13/h2-3,5,9,12,14-16,20-21H,4,6-8,10-11H2,1H3,(H,19,22). The lowest BCUT2D eigenvalue weighted by molar-refractivity contribution is -0.124. The van der Waals surface area contributed by atoms with E-state index in [1.54, 1.807) is 0 Å². The lowest BCUT2D eigenvalue weighted by Crippen LogP contribution is -2.46. The molecule has 1 aromatic rings. The van der Waals surface area contributed by atoms with Crippen LogP contribution in [0.25, 0.3) is 0 Å². The summed E-state index contributed by atoms with van der Waals surface area (Å²) in [4.78, 5) is 16.7. The van der Waals surface area contributed by atoms with Gasteiger partial charge in [0.2, 0.25) is 5.91 Å². The predicted molar refractivity (Wildman–Crippen MR) is 85.9 cm³/mol. The van der Waals surface area contributed by atoms with Gasteiger partial charge >= 0.3 is 0 Å². The van der Waals surface area contributed by atoms with Gasteiger partial charge in [-0.15, -0.1) is 0 Å². The van der Waals surface area contributed by atoms with E-state index in [0.29, 0.717) is 18.5 Å². The van der Waals surface area contributed by atoms with Crippen LogP contribution in [0, 0.1) is 11.8 Å². The molecule has 1 aliphatic heterocycles. The van der Waals surface area contributed by atoms with Crippen molar-refractivity contribution < 1.29 is 4.79 Å². The molecule has 2 heterocycles. The minimum absolute atomic E-state index is 0.0809. The monoisotopic (exact) mass is 302 g/mol. The van der Waals surface area contributed by atoms with Crippen LogP contribution in [-0.4, -0.2) is 29.5 Å². The first-order valence-corrected chi connectivity index (χ1v) is 8.42. The zero-order chi connectivity index (χ0) is 15.4. The molecule has 3 rings (SSSR count). The van der Waals surface area contributed by atoms with Crippen LogP contribution in [0.1, 0.15) is 38.3 Å². The highest BCUT2D eigenvalue weighted by molar-refractivity contribution is 5.82. The number of nitrogens with one attached hydrogen (secondary N) is 3. The van der Waals surface area contributed by atoms with Crippen molar-refractivity contribution in [3.63, 3.8) is 0 Å². The summed E-state index contributed by atoms with van der Waals surface area (Å²) >= 11 is 0. The van der Waals surface area contributed by atoms with E-state index in [4.69, 9.17) is 0 Å². The van der Waals surface area contributed by atoms with Gasteiger partial charge in [0.1, 0.15) is 6.04 Å². The second kappa shape index (κ2) is 7.20. The fourth-order valence-electron chi connectivity index (χ4n) is 3.67. The number of rotatable bonds is 5. The number of nitrogens with zero attached hydrogens (tertiary/aromatic N) is 1. The van der Waals surface area contributed by atoms with E-state index >= 15 is 0 Å². The quantitative estimate of drug-likeness (QED) is 0.720. The average Bonchev–Trinajstić information content (AvgIpc) is 2.95. The molecule has 2 aliphatic rings. The Kier molecular flexibility index (Phi) is 5.05. The maximum atomic E-state index is 12.4. The molecular formula is C17H26N4O. The summed E-state index contributed by atoms with van der Waals surface area (Å²) in [6.45, 7) is 3.00. The molecule has 22 heavy (non-hydrogen) atoms. The number of amides is 1. The van der Waals surface area contributed by atoms with E-state index in [1.807, 2.05) is 24.4 Å². The molecule has 4 unspecified atom stereocenters. The third-order valence-electron chi connectivity index (χ3n) is 4.93. The van der Waals surface area contributed by atoms with Crippen molar-refractivity contribution >= 4 is 5.91 Å². The minimum atomic E-state index is -0.0809. The van der Waals surface area contributed by atoms with Gasteiger partial charge in [0.05, 0.1) is 0 Å². The van der Waals surface area contributed by atoms with Crippen molar-refractivity contribution in [2.75, 3.05) is 6.54 Å². The number of hydrogen-bond acceptors (Lipinski definition) is 4. The number of hydrazine groups is 1. The lowest BCUT2D eigenvalue weighted by Gasteiger charge is -2.30. The SMILES string of the molecule is CC1CCC2NNC(C(=O)NCCCc3ccccn3)C2C1. The van der Waals surface area contributed by atoms with Crippen LogP contribution in [0.2, 0.25) is 0 Å². The van der Waals surface area contributed by atoms with E-state index < -0.39 is 0 Å². The number of aryl methyl sites for hydroxylation is 1. The van der Waals surface area contributed by atoms with Gasteiger partial charge in [0.15, 0.2) is 0 Å². The van der Waals surface area contributed by atoms with Crippen LogP contribution in [-0.2, 0) is 11.2 Å². The number of pyridine rings is 1. The van der Waals surface area contributed by atoms with E-state index in [0.717, 1.165) is 30.9 Å². The smallest absolute Gasteiger partial charge is 0.238 e. The molecule has 1 aliphatic carbocycles. The maximum absolute atomic E-state index is 12.4. The van der Waals surface area contributed by atoms with Crippen molar-refractivity contribution in [3.05, 3.63) is 30.1 Å². The van der Waals surface area contributed by atoms with Crippen LogP contribution in [0.15, 0.2) is 24.4 Å².